The highest BCUT2D eigenvalue weighted by molar-refractivity contribution is 6.29. The van der Waals surface area contributed by atoms with E-state index in [2.05, 4.69) is 31.0 Å². The predicted octanol–water partition coefficient (Wildman–Crippen LogP) is 5.20. The molecule has 0 saturated carbocycles. The molecule has 43 heavy (non-hydrogen) atoms. The highest BCUT2D eigenvalue weighted by Gasteiger charge is 2.16. The molecule has 0 saturated heterocycles. The average Bonchev–Trinajstić information content (AvgIpc) is 3.04. The van der Waals surface area contributed by atoms with Crippen molar-refractivity contribution in [2.24, 2.45) is 0 Å². The number of hydrogen-bond donors (Lipinski definition) is 2. The van der Waals surface area contributed by atoms with E-state index in [0.717, 1.165) is 22.6 Å². The lowest BCUT2D eigenvalue weighted by Crippen LogP contribution is -2.12. The van der Waals surface area contributed by atoms with Crippen LogP contribution in [0, 0.1) is 0 Å². The Hall–Kier alpha value is -4.97. The smallest absolute Gasteiger partial charge is 0.342 e. The number of hydrogen-bond acceptors (Lipinski definition) is 12. The number of carbonyl (C=O) groups excluding carboxylic acids is 2. The molecule has 0 fully saturated rings. The quantitative estimate of drug-likeness (QED) is 0.204. The molecule has 0 bridgehead atoms. The molecule has 0 atom stereocenters. The molecule has 0 aliphatic heterocycles. The number of nitrogens with one attached hydrogen (secondary N) is 2. The van der Waals surface area contributed by atoms with Crippen LogP contribution in [0.1, 0.15) is 45.7 Å². The van der Waals surface area contributed by atoms with Crippen LogP contribution in [-0.2, 0) is 22.6 Å². The van der Waals surface area contributed by atoms with Crippen molar-refractivity contribution in [2.75, 3.05) is 38.1 Å². The number of ether oxygens (including phenoxy) is 4. The minimum atomic E-state index is -0.489. The van der Waals surface area contributed by atoms with Gasteiger partial charge < -0.3 is 29.6 Å². The minimum absolute atomic E-state index is 0.137. The van der Waals surface area contributed by atoms with Crippen molar-refractivity contribution in [2.45, 2.75) is 26.9 Å². The summed E-state index contributed by atoms with van der Waals surface area (Å²) in [5.74, 6) is 1.42. The predicted molar refractivity (Wildman–Crippen MR) is 162 cm³/mol. The fourth-order valence-corrected chi connectivity index (χ4v) is 3.70. The van der Waals surface area contributed by atoms with Crippen molar-refractivity contribution in [3.05, 3.63) is 94.3 Å². The van der Waals surface area contributed by atoms with Gasteiger partial charge in [0.15, 0.2) is 16.8 Å². The van der Waals surface area contributed by atoms with Gasteiger partial charge in [0, 0.05) is 13.1 Å². The molecule has 226 valence electrons. The molecular weight excluding hydrogens is 576 g/mol. The Morgan fingerprint density at radius 2 is 1.19 bits per heavy atom. The fraction of sp³-hybridized carbons (Fsp3) is 0.267. The maximum Gasteiger partial charge on any atom is 0.342 e. The first-order valence-electron chi connectivity index (χ1n) is 13.3. The van der Waals surface area contributed by atoms with Gasteiger partial charge in [0.1, 0.15) is 22.6 Å². The zero-order chi connectivity index (χ0) is 31.0. The molecule has 13 heteroatoms. The van der Waals surface area contributed by atoms with E-state index < -0.39 is 11.9 Å². The number of benzene rings is 2. The fourth-order valence-electron chi connectivity index (χ4n) is 3.56. The Bertz CT molecular complexity index is 1470. The van der Waals surface area contributed by atoms with E-state index in [4.69, 9.17) is 30.5 Å². The van der Waals surface area contributed by atoms with Gasteiger partial charge in [-0.1, -0.05) is 35.9 Å². The van der Waals surface area contributed by atoms with E-state index in [1.54, 1.807) is 34.1 Å². The first-order valence-corrected chi connectivity index (χ1v) is 13.7. The largest absolute Gasteiger partial charge is 0.497 e. The van der Waals surface area contributed by atoms with Crippen LogP contribution in [0.3, 0.4) is 0 Å². The number of esters is 2. The van der Waals surface area contributed by atoms with Gasteiger partial charge in [0.25, 0.3) is 0 Å². The lowest BCUT2D eigenvalue weighted by Gasteiger charge is -2.10. The minimum Gasteiger partial charge on any atom is -0.497 e. The van der Waals surface area contributed by atoms with Crippen molar-refractivity contribution >= 4 is 35.2 Å². The molecule has 2 aromatic carbocycles. The molecule has 4 rings (SSSR count). The van der Waals surface area contributed by atoms with Gasteiger partial charge in [-0.25, -0.2) is 9.59 Å². The summed E-state index contributed by atoms with van der Waals surface area (Å²) in [5.41, 5.74) is 2.68. The average molecular weight is 609 g/mol. The molecule has 0 aliphatic rings. The standard InChI is InChI=1S/C15H16ClN3O3.C15H17N3O3/c1-3-22-15(20)12-8-13(16)18-19-14(12)17-9-10-4-6-11(21-2)7-5-10;1-3-21-15(19)13-8-9-17-18-14(13)16-10-11-4-6-12(20-2)7-5-11/h4-8H,3,9H2,1-2H3,(H,17,19);4-9H,3,10H2,1-2H3,(H,16,18). The second-order valence-electron chi connectivity index (χ2n) is 8.57. The number of halogens is 1. The third-order valence-electron chi connectivity index (χ3n) is 5.71. The maximum absolute atomic E-state index is 11.9. The van der Waals surface area contributed by atoms with Crippen molar-refractivity contribution in [1.82, 2.24) is 20.4 Å². The van der Waals surface area contributed by atoms with Crippen LogP contribution in [0.5, 0.6) is 11.5 Å². The topological polar surface area (TPSA) is 147 Å². The normalized spacial score (nSPS) is 10.1. The summed E-state index contributed by atoms with van der Waals surface area (Å²) < 4.78 is 20.2. The molecule has 0 spiro atoms. The van der Waals surface area contributed by atoms with Gasteiger partial charge in [0.2, 0.25) is 0 Å². The van der Waals surface area contributed by atoms with Crippen LogP contribution < -0.4 is 20.1 Å². The summed E-state index contributed by atoms with van der Waals surface area (Å²) >= 11 is 5.79. The molecule has 0 amide bonds. The highest BCUT2D eigenvalue weighted by Crippen LogP contribution is 2.19. The van der Waals surface area contributed by atoms with Crippen molar-refractivity contribution in [3.63, 3.8) is 0 Å². The molecule has 0 unspecified atom stereocenters. The lowest BCUT2D eigenvalue weighted by atomic mass is 10.2. The summed E-state index contributed by atoms with van der Waals surface area (Å²) in [6.07, 6.45) is 1.46. The summed E-state index contributed by atoms with van der Waals surface area (Å²) in [4.78, 5) is 23.7. The monoisotopic (exact) mass is 608 g/mol. The summed E-state index contributed by atoms with van der Waals surface area (Å²) in [7, 11) is 3.24. The molecule has 2 heterocycles. The Morgan fingerprint density at radius 3 is 1.67 bits per heavy atom. The van der Waals surface area contributed by atoms with Crippen LogP contribution in [-0.4, -0.2) is 59.8 Å². The second kappa shape index (κ2) is 17.1. The maximum atomic E-state index is 11.9. The number of anilines is 2. The highest BCUT2D eigenvalue weighted by atomic mass is 35.5. The Kier molecular flexibility index (Phi) is 12.9. The van der Waals surface area contributed by atoms with Gasteiger partial charge in [-0.3, -0.25) is 0 Å². The van der Waals surface area contributed by atoms with Crippen LogP contribution in [0.15, 0.2) is 66.9 Å². The second-order valence-corrected chi connectivity index (χ2v) is 8.95. The van der Waals surface area contributed by atoms with E-state index in [9.17, 15) is 9.59 Å². The molecule has 2 N–H and O–H groups in total. The number of aromatic nitrogens is 4. The molecular formula is C30H33ClN6O6. The Labute approximate surface area is 254 Å². The van der Waals surface area contributed by atoms with Crippen LogP contribution in [0.25, 0.3) is 0 Å². The number of carbonyl (C=O) groups is 2. The summed E-state index contributed by atoms with van der Waals surface area (Å²) in [5, 5.41) is 21.7. The summed E-state index contributed by atoms with van der Waals surface area (Å²) in [6.45, 7) is 5.09. The van der Waals surface area contributed by atoms with E-state index in [0.29, 0.717) is 36.9 Å². The van der Waals surface area contributed by atoms with Crippen LogP contribution >= 0.6 is 11.6 Å². The Morgan fingerprint density at radius 1 is 0.698 bits per heavy atom. The van der Waals surface area contributed by atoms with Gasteiger partial charge in [-0.2, -0.15) is 5.10 Å². The number of rotatable bonds is 12. The van der Waals surface area contributed by atoms with Crippen LogP contribution in [0.2, 0.25) is 5.15 Å². The van der Waals surface area contributed by atoms with E-state index >= 15 is 0 Å². The zero-order valence-electron chi connectivity index (χ0n) is 24.3. The number of methoxy groups -OCH3 is 2. The molecule has 4 aromatic rings. The lowest BCUT2D eigenvalue weighted by molar-refractivity contribution is 0.0517. The van der Waals surface area contributed by atoms with E-state index in [-0.39, 0.29) is 17.3 Å². The number of nitrogens with zero attached hydrogens (tertiary/aromatic N) is 4. The zero-order valence-corrected chi connectivity index (χ0v) is 25.1. The van der Waals surface area contributed by atoms with Crippen molar-refractivity contribution in [3.8, 4) is 11.5 Å². The molecule has 0 aliphatic carbocycles. The molecule has 12 nitrogen and oxygen atoms in total. The van der Waals surface area contributed by atoms with Gasteiger partial charge in [0.05, 0.1) is 33.6 Å². The molecule has 2 aromatic heterocycles. The van der Waals surface area contributed by atoms with Gasteiger partial charge >= 0.3 is 11.9 Å². The van der Waals surface area contributed by atoms with Gasteiger partial charge in [-0.15, -0.1) is 15.3 Å². The van der Waals surface area contributed by atoms with E-state index in [1.807, 2.05) is 48.5 Å². The summed E-state index contributed by atoms with van der Waals surface area (Å²) in [6, 6.07) is 18.2. The van der Waals surface area contributed by atoms with Crippen molar-refractivity contribution in [1.29, 1.82) is 0 Å². The van der Waals surface area contributed by atoms with Crippen LogP contribution in [0.4, 0.5) is 11.6 Å². The SMILES string of the molecule is CCOC(=O)c1cc(Cl)nnc1NCc1ccc(OC)cc1.CCOC(=O)c1ccnnc1NCc1ccc(OC)cc1. The van der Waals surface area contributed by atoms with Gasteiger partial charge in [-0.05, 0) is 61.4 Å². The first kappa shape index (κ1) is 32.5. The van der Waals surface area contributed by atoms with E-state index in [1.165, 1.54) is 12.3 Å². The molecule has 0 radical (unpaired) electrons. The Balaban J connectivity index is 0.000000236. The van der Waals surface area contributed by atoms with Crippen molar-refractivity contribution < 1.29 is 28.5 Å². The third-order valence-corrected chi connectivity index (χ3v) is 5.90. The first-order chi connectivity index (χ1) is 20.9. The third kappa shape index (κ3) is 10.1.